The van der Waals surface area contributed by atoms with Crippen molar-refractivity contribution in [2.75, 3.05) is 13.1 Å². The summed E-state index contributed by atoms with van der Waals surface area (Å²) in [6.07, 6.45) is 4.78. The molecule has 138 valence electrons. The van der Waals surface area contributed by atoms with Crippen LogP contribution in [0.15, 0.2) is 39.9 Å². The van der Waals surface area contributed by atoms with Gasteiger partial charge in [-0.05, 0) is 49.3 Å². The number of nitrogens with one attached hydrogen (secondary N) is 1. The molecule has 2 heterocycles. The zero-order valence-electron chi connectivity index (χ0n) is 14.5. The molecule has 1 aliphatic heterocycles. The zero-order chi connectivity index (χ0) is 18.1. The summed E-state index contributed by atoms with van der Waals surface area (Å²) in [4.78, 5) is 14.3. The van der Waals surface area contributed by atoms with E-state index in [0.717, 1.165) is 62.1 Å². The van der Waals surface area contributed by atoms with Crippen LogP contribution in [-0.4, -0.2) is 32.3 Å². The van der Waals surface area contributed by atoms with Crippen molar-refractivity contribution in [3.05, 3.63) is 52.4 Å². The van der Waals surface area contributed by atoms with Gasteiger partial charge in [0.25, 0.3) is 15.9 Å². The van der Waals surface area contributed by atoms with Crippen LogP contribution in [0.2, 0.25) is 0 Å². The third-order valence-electron chi connectivity index (χ3n) is 5.15. The molecule has 1 atom stereocenters. The van der Waals surface area contributed by atoms with Gasteiger partial charge in [-0.2, -0.15) is 0 Å². The minimum absolute atomic E-state index is 0.0665. The molecule has 7 heteroatoms. The monoisotopic (exact) mass is 390 g/mol. The summed E-state index contributed by atoms with van der Waals surface area (Å²) in [5.41, 5.74) is 2.75. The van der Waals surface area contributed by atoms with Gasteiger partial charge in [-0.25, -0.2) is 13.1 Å². The lowest BCUT2D eigenvalue weighted by molar-refractivity contribution is 0.0793. The molecule has 0 radical (unpaired) electrons. The lowest BCUT2D eigenvalue weighted by Gasteiger charge is -2.25. The Morgan fingerprint density at radius 2 is 1.92 bits per heavy atom. The van der Waals surface area contributed by atoms with E-state index in [1.54, 1.807) is 10.3 Å². The maximum absolute atomic E-state index is 12.8. The molecule has 1 amide bonds. The second-order valence-electron chi connectivity index (χ2n) is 6.92. The summed E-state index contributed by atoms with van der Waals surface area (Å²) in [5, 5.41) is 1.66. The number of rotatable bonds is 4. The van der Waals surface area contributed by atoms with Gasteiger partial charge in [0.2, 0.25) is 0 Å². The second-order valence-corrected chi connectivity index (χ2v) is 9.77. The molecule has 0 saturated carbocycles. The van der Waals surface area contributed by atoms with Crippen molar-refractivity contribution in [3.63, 3.8) is 0 Å². The molecule has 1 aromatic carbocycles. The number of carbonyl (C=O) groups is 1. The van der Waals surface area contributed by atoms with Crippen LogP contribution in [-0.2, 0) is 16.4 Å². The van der Waals surface area contributed by atoms with Crippen molar-refractivity contribution in [1.82, 2.24) is 9.62 Å². The SMILES string of the molecule is O=C(c1csc(S(=O)(=O)N[C@@H]2CCCc3ccccc32)c1)N1CCCC1. The molecule has 4 rings (SSSR count). The zero-order valence-corrected chi connectivity index (χ0v) is 16.1. The highest BCUT2D eigenvalue weighted by molar-refractivity contribution is 7.91. The van der Waals surface area contributed by atoms with E-state index in [4.69, 9.17) is 0 Å². The predicted molar refractivity (Wildman–Crippen MR) is 102 cm³/mol. The highest BCUT2D eigenvalue weighted by atomic mass is 32.2. The van der Waals surface area contributed by atoms with Crippen LogP contribution < -0.4 is 4.72 Å². The van der Waals surface area contributed by atoms with Crippen molar-refractivity contribution in [2.45, 2.75) is 42.4 Å². The second kappa shape index (κ2) is 7.13. The summed E-state index contributed by atoms with van der Waals surface area (Å²) in [5.74, 6) is -0.0665. The standard InChI is InChI=1S/C19H22N2O3S2/c22-19(21-10-3-4-11-21)15-12-18(25-13-15)26(23,24)20-17-9-5-7-14-6-1-2-8-16(14)17/h1-2,6,8,12-13,17,20H,3-5,7,9-11H2/t17-/m1/s1. The molecule has 0 spiro atoms. The van der Waals surface area contributed by atoms with Crippen molar-refractivity contribution >= 4 is 27.3 Å². The Hall–Kier alpha value is -1.70. The Bertz CT molecular complexity index is 914. The molecule has 2 aliphatic rings. The number of fused-ring (bicyclic) bond motifs is 1. The number of nitrogens with zero attached hydrogens (tertiary/aromatic N) is 1. The lowest BCUT2D eigenvalue weighted by Crippen LogP contribution is -2.30. The van der Waals surface area contributed by atoms with E-state index in [-0.39, 0.29) is 16.2 Å². The van der Waals surface area contributed by atoms with Gasteiger partial charge in [-0.3, -0.25) is 4.79 Å². The molecule has 5 nitrogen and oxygen atoms in total. The number of benzene rings is 1. The molecule has 1 aliphatic carbocycles. The van der Waals surface area contributed by atoms with E-state index in [9.17, 15) is 13.2 Å². The largest absolute Gasteiger partial charge is 0.339 e. The van der Waals surface area contributed by atoms with Crippen molar-refractivity contribution < 1.29 is 13.2 Å². The van der Waals surface area contributed by atoms with Gasteiger partial charge < -0.3 is 4.90 Å². The molecule has 0 unspecified atom stereocenters. The van der Waals surface area contributed by atoms with Crippen LogP contribution in [0.25, 0.3) is 0 Å². The maximum atomic E-state index is 12.8. The van der Waals surface area contributed by atoms with E-state index in [1.807, 2.05) is 18.2 Å². The van der Waals surface area contributed by atoms with Crippen LogP contribution in [0, 0.1) is 0 Å². The highest BCUT2D eigenvalue weighted by Crippen LogP contribution is 2.32. The first-order chi connectivity index (χ1) is 12.5. The Morgan fingerprint density at radius 3 is 2.73 bits per heavy atom. The topological polar surface area (TPSA) is 66.5 Å². The number of aryl methyl sites for hydroxylation is 1. The first kappa shape index (κ1) is 17.7. The van der Waals surface area contributed by atoms with Crippen LogP contribution in [0.4, 0.5) is 0 Å². The molecule has 2 aromatic rings. The van der Waals surface area contributed by atoms with Crippen molar-refractivity contribution in [3.8, 4) is 0 Å². The van der Waals surface area contributed by atoms with Gasteiger partial charge in [0.1, 0.15) is 4.21 Å². The minimum atomic E-state index is -3.64. The van der Waals surface area contributed by atoms with Gasteiger partial charge in [-0.1, -0.05) is 24.3 Å². The fourth-order valence-corrected chi connectivity index (χ4v) is 6.21. The third-order valence-corrected chi connectivity index (χ3v) is 8.06. The predicted octanol–water partition coefficient (Wildman–Crippen LogP) is 3.34. The molecule has 0 bridgehead atoms. The van der Waals surface area contributed by atoms with Gasteiger partial charge in [0, 0.05) is 24.5 Å². The molecule has 1 fully saturated rings. The Labute approximate surface area is 158 Å². The van der Waals surface area contributed by atoms with E-state index < -0.39 is 10.0 Å². The van der Waals surface area contributed by atoms with Gasteiger partial charge >= 0.3 is 0 Å². The van der Waals surface area contributed by atoms with Crippen LogP contribution in [0.3, 0.4) is 0 Å². The summed E-state index contributed by atoms with van der Waals surface area (Å²) in [6.45, 7) is 1.52. The van der Waals surface area contributed by atoms with E-state index in [2.05, 4.69) is 10.8 Å². The average Bonchev–Trinajstić information content (AvgIpc) is 3.33. The van der Waals surface area contributed by atoms with E-state index in [1.165, 1.54) is 11.6 Å². The third kappa shape index (κ3) is 3.43. The first-order valence-corrected chi connectivity index (χ1v) is 11.4. The fraction of sp³-hybridized carbons (Fsp3) is 0.421. The number of amides is 1. The Morgan fingerprint density at radius 1 is 1.15 bits per heavy atom. The van der Waals surface area contributed by atoms with Crippen molar-refractivity contribution in [2.24, 2.45) is 0 Å². The number of likely N-dealkylation sites (tertiary alicyclic amines) is 1. The van der Waals surface area contributed by atoms with E-state index in [0.29, 0.717) is 5.56 Å². The van der Waals surface area contributed by atoms with E-state index >= 15 is 0 Å². The fourth-order valence-electron chi connectivity index (χ4n) is 3.79. The summed E-state index contributed by atoms with van der Waals surface area (Å²) < 4.78 is 28.7. The first-order valence-electron chi connectivity index (χ1n) is 9.02. The summed E-state index contributed by atoms with van der Waals surface area (Å²) in [6, 6.07) is 9.31. The van der Waals surface area contributed by atoms with Crippen LogP contribution >= 0.6 is 11.3 Å². The van der Waals surface area contributed by atoms with Crippen LogP contribution in [0.1, 0.15) is 53.2 Å². The smallest absolute Gasteiger partial charge is 0.254 e. The lowest BCUT2D eigenvalue weighted by atomic mass is 9.88. The highest BCUT2D eigenvalue weighted by Gasteiger charge is 2.28. The molecular formula is C19H22N2O3S2. The van der Waals surface area contributed by atoms with Crippen molar-refractivity contribution in [1.29, 1.82) is 0 Å². The molecule has 1 aromatic heterocycles. The number of hydrogen-bond donors (Lipinski definition) is 1. The summed E-state index contributed by atoms with van der Waals surface area (Å²) >= 11 is 1.12. The Balaban J connectivity index is 1.54. The molecule has 26 heavy (non-hydrogen) atoms. The average molecular weight is 391 g/mol. The molecule has 1 N–H and O–H groups in total. The Kier molecular flexibility index (Phi) is 4.86. The maximum Gasteiger partial charge on any atom is 0.254 e. The molecule has 1 saturated heterocycles. The van der Waals surface area contributed by atoms with Gasteiger partial charge in [-0.15, -0.1) is 11.3 Å². The summed E-state index contributed by atoms with van der Waals surface area (Å²) in [7, 11) is -3.64. The quantitative estimate of drug-likeness (QED) is 0.871. The number of sulfonamides is 1. The number of carbonyl (C=O) groups excluding carboxylic acids is 1. The van der Waals surface area contributed by atoms with Gasteiger partial charge in [0.05, 0.1) is 5.56 Å². The van der Waals surface area contributed by atoms with Crippen LogP contribution in [0.5, 0.6) is 0 Å². The van der Waals surface area contributed by atoms with Gasteiger partial charge in [0.15, 0.2) is 0 Å². The number of thiophene rings is 1. The normalized spacial score (nSPS) is 20.2. The molecular weight excluding hydrogens is 368 g/mol. The number of hydrogen-bond acceptors (Lipinski definition) is 4. The minimum Gasteiger partial charge on any atom is -0.339 e.